The van der Waals surface area contributed by atoms with E-state index < -0.39 is 0 Å². The third kappa shape index (κ3) is 4.28. The van der Waals surface area contributed by atoms with E-state index in [0.717, 1.165) is 18.8 Å². The number of piperazine rings is 1. The summed E-state index contributed by atoms with van der Waals surface area (Å²) < 4.78 is 0. The minimum atomic E-state index is 0.0518. The Bertz CT molecular complexity index is 908. The molecule has 1 fully saturated rings. The van der Waals surface area contributed by atoms with Crippen molar-refractivity contribution in [3.63, 3.8) is 0 Å². The second kappa shape index (κ2) is 8.52. The number of para-hydroxylation sites is 1. The van der Waals surface area contributed by atoms with Crippen LogP contribution in [0.2, 0.25) is 0 Å². The van der Waals surface area contributed by atoms with Crippen molar-refractivity contribution in [3.05, 3.63) is 84.3 Å². The summed E-state index contributed by atoms with van der Waals surface area (Å²) in [5.41, 5.74) is 2.80. The summed E-state index contributed by atoms with van der Waals surface area (Å²) in [7, 11) is 0. The molecule has 1 aromatic carbocycles. The van der Waals surface area contributed by atoms with Gasteiger partial charge in [-0.15, -0.1) is 0 Å². The second-order valence-corrected chi connectivity index (χ2v) is 6.72. The topological polar surface area (TPSA) is 61.4 Å². The standard InChI is InChI=1S/C22H23N5O/c28-22(27-14-12-26(13-15-27)20-7-2-1-3-8-20)18-9-11-24-21(16-18)25-17-19-6-4-5-10-23-19/h1-11,16H,12-15,17H2,(H,24,25). The number of nitrogens with one attached hydrogen (secondary N) is 1. The van der Waals surface area contributed by atoms with Crippen LogP contribution >= 0.6 is 0 Å². The fourth-order valence-electron chi connectivity index (χ4n) is 3.33. The molecule has 0 unspecified atom stereocenters. The van der Waals surface area contributed by atoms with E-state index in [-0.39, 0.29) is 5.91 Å². The fraction of sp³-hybridized carbons (Fsp3) is 0.227. The number of pyridine rings is 2. The average Bonchev–Trinajstić information content (AvgIpc) is 2.79. The SMILES string of the molecule is O=C(c1ccnc(NCc2ccccn2)c1)N1CCN(c2ccccc2)CC1. The van der Waals surface area contributed by atoms with Crippen molar-refractivity contribution >= 4 is 17.4 Å². The van der Waals surface area contributed by atoms with Gasteiger partial charge in [-0.25, -0.2) is 4.98 Å². The molecule has 1 saturated heterocycles. The van der Waals surface area contributed by atoms with Crippen molar-refractivity contribution in [2.75, 3.05) is 36.4 Å². The molecule has 3 aromatic rings. The maximum absolute atomic E-state index is 12.9. The van der Waals surface area contributed by atoms with Crippen LogP contribution in [0.25, 0.3) is 0 Å². The molecular formula is C22H23N5O. The Kier molecular flexibility index (Phi) is 5.47. The van der Waals surface area contributed by atoms with E-state index in [4.69, 9.17) is 0 Å². The lowest BCUT2D eigenvalue weighted by Gasteiger charge is -2.36. The van der Waals surface area contributed by atoms with Crippen LogP contribution in [0.5, 0.6) is 0 Å². The number of rotatable bonds is 5. The lowest BCUT2D eigenvalue weighted by atomic mass is 10.2. The zero-order valence-corrected chi connectivity index (χ0v) is 15.7. The number of hydrogen-bond donors (Lipinski definition) is 1. The molecule has 4 rings (SSSR count). The molecule has 28 heavy (non-hydrogen) atoms. The number of carbonyl (C=O) groups is 1. The van der Waals surface area contributed by atoms with Crippen LogP contribution in [0.15, 0.2) is 73.1 Å². The molecule has 2 aromatic heterocycles. The maximum Gasteiger partial charge on any atom is 0.254 e. The van der Waals surface area contributed by atoms with Gasteiger partial charge in [-0.3, -0.25) is 9.78 Å². The van der Waals surface area contributed by atoms with Gasteiger partial charge in [-0.2, -0.15) is 0 Å². The second-order valence-electron chi connectivity index (χ2n) is 6.72. The van der Waals surface area contributed by atoms with Crippen molar-refractivity contribution in [1.82, 2.24) is 14.9 Å². The molecule has 1 aliphatic rings. The molecule has 3 heterocycles. The lowest BCUT2D eigenvalue weighted by molar-refractivity contribution is 0.0746. The summed E-state index contributed by atoms with van der Waals surface area (Å²) in [6.45, 7) is 3.68. The molecular weight excluding hydrogens is 350 g/mol. The Hall–Kier alpha value is -3.41. The normalized spacial score (nSPS) is 14.0. The van der Waals surface area contributed by atoms with Crippen LogP contribution in [0.3, 0.4) is 0 Å². The number of anilines is 2. The summed E-state index contributed by atoms with van der Waals surface area (Å²) in [5.74, 6) is 0.732. The molecule has 1 amide bonds. The zero-order chi connectivity index (χ0) is 19.2. The number of nitrogens with zero attached hydrogens (tertiary/aromatic N) is 4. The van der Waals surface area contributed by atoms with E-state index in [0.29, 0.717) is 31.0 Å². The number of benzene rings is 1. The predicted octanol–water partition coefficient (Wildman–Crippen LogP) is 3.05. The summed E-state index contributed by atoms with van der Waals surface area (Å²) in [4.78, 5) is 25.7. The highest BCUT2D eigenvalue weighted by Crippen LogP contribution is 2.17. The average molecular weight is 373 g/mol. The molecule has 0 saturated carbocycles. The Morgan fingerprint density at radius 3 is 2.43 bits per heavy atom. The van der Waals surface area contributed by atoms with Gasteiger partial charge in [-0.05, 0) is 36.4 Å². The fourth-order valence-corrected chi connectivity index (χ4v) is 3.33. The molecule has 0 radical (unpaired) electrons. The summed E-state index contributed by atoms with van der Waals surface area (Å²) >= 11 is 0. The van der Waals surface area contributed by atoms with Gasteiger partial charge in [-0.1, -0.05) is 24.3 Å². The summed E-state index contributed by atoms with van der Waals surface area (Å²) in [6, 6.07) is 19.7. The highest BCUT2D eigenvalue weighted by molar-refractivity contribution is 5.95. The summed E-state index contributed by atoms with van der Waals surface area (Å²) in [5, 5.41) is 3.24. The molecule has 0 bridgehead atoms. The molecule has 142 valence electrons. The van der Waals surface area contributed by atoms with Gasteiger partial charge in [0.05, 0.1) is 12.2 Å². The Morgan fingerprint density at radius 1 is 0.893 bits per heavy atom. The van der Waals surface area contributed by atoms with Gasteiger partial charge in [0, 0.05) is 49.8 Å². The molecule has 1 aliphatic heterocycles. The minimum Gasteiger partial charge on any atom is -0.368 e. The van der Waals surface area contributed by atoms with Crippen LogP contribution < -0.4 is 10.2 Å². The van der Waals surface area contributed by atoms with E-state index in [9.17, 15) is 4.79 Å². The monoisotopic (exact) mass is 373 g/mol. The van der Waals surface area contributed by atoms with E-state index in [1.165, 1.54) is 5.69 Å². The van der Waals surface area contributed by atoms with Gasteiger partial charge in [0.1, 0.15) is 5.82 Å². The highest BCUT2D eigenvalue weighted by atomic mass is 16.2. The van der Waals surface area contributed by atoms with Gasteiger partial charge in [0.2, 0.25) is 0 Å². The van der Waals surface area contributed by atoms with Crippen LogP contribution in [0.4, 0.5) is 11.5 Å². The Balaban J connectivity index is 1.36. The smallest absolute Gasteiger partial charge is 0.254 e. The Morgan fingerprint density at radius 2 is 1.68 bits per heavy atom. The van der Waals surface area contributed by atoms with E-state index in [1.807, 2.05) is 47.4 Å². The van der Waals surface area contributed by atoms with E-state index in [2.05, 4.69) is 32.3 Å². The first-order chi connectivity index (χ1) is 13.8. The molecule has 6 nitrogen and oxygen atoms in total. The maximum atomic E-state index is 12.9. The van der Waals surface area contributed by atoms with Crippen molar-refractivity contribution in [2.24, 2.45) is 0 Å². The van der Waals surface area contributed by atoms with Crippen LogP contribution in [-0.2, 0) is 6.54 Å². The van der Waals surface area contributed by atoms with E-state index in [1.54, 1.807) is 18.5 Å². The first-order valence-corrected chi connectivity index (χ1v) is 9.49. The summed E-state index contributed by atoms with van der Waals surface area (Å²) in [6.07, 6.45) is 3.44. The number of amides is 1. The third-order valence-electron chi connectivity index (χ3n) is 4.87. The number of hydrogen-bond acceptors (Lipinski definition) is 5. The Labute approximate surface area is 164 Å². The zero-order valence-electron chi connectivity index (χ0n) is 15.7. The van der Waals surface area contributed by atoms with Crippen LogP contribution in [-0.4, -0.2) is 47.0 Å². The minimum absolute atomic E-state index is 0.0518. The van der Waals surface area contributed by atoms with Gasteiger partial charge < -0.3 is 15.1 Å². The third-order valence-corrected chi connectivity index (χ3v) is 4.87. The van der Waals surface area contributed by atoms with Crippen molar-refractivity contribution in [1.29, 1.82) is 0 Å². The van der Waals surface area contributed by atoms with Crippen molar-refractivity contribution in [3.8, 4) is 0 Å². The van der Waals surface area contributed by atoms with E-state index >= 15 is 0 Å². The van der Waals surface area contributed by atoms with Crippen LogP contribution in [0.1, 0.15) is 16.1 Å². The molecule has 0 atom stereocenters. The molecule has 1 N–H and O–H groups in total. The lowest BCUT2D eigenvalue weighted by Crippen LogP contribution is -2.48. The first-order valence-electron chi connectivity index (χ1n) is 9.49. The number of aromatic nitrogens is 2. The van der Waals surface area contributed by atoms with Crippen molar-refractivity contribution < 1.29 is 4.79 Å². The van der Waals surface area contributed by atoms with Crippen LogP contribution in [0, 0.1) is 0 Å². The highest BCUT2D eigenvalue weighted by Gasteiger charge is 2.22. The molecule has 0 spiro atoms. The van der Waals surface area contributed by atoms with Gasteiger partial charge in [0.25, 0.3) is 5.91 Å². The molecule has 6 heteroatoms. The van der Waals surface area contributed by atoms with Gasteiger partial charge >= 0.3 is 0 Å². The number of carbonyl (C=O) groups excluding carboxylic acids is 1. The first kappa shape index (κ1) is 18.0. The quantitative estimate of drug-likeness (QED) is 0.745. The predicted molar refractivity (Wildman–Crippen MR) is 110 cm³/mol. The van der Waals surface area contributed by atoms with Gasteiger partial charge in [0.15, 0.2) is 0 Å². The molecule has 0 aliphatic carbocycles. The largest absolute Gasteiger partial charge is 0.368 e. The van der Waals surface area contributed by atoms with Crippen molar-refractivity contribution in [2.45, 2.75) is 6.54 Å².